The normalized spacial score (nSPS) is 14.0. The predicted octanol–water partition coefficient (Wildman–Crippen LogP) is -2.81. The molecule has 6 rings (SSSR count). The van der Waals surface area contributed by atoms with Crippen LogP contribution in [0.4, 0.5) is 0 Å². The van der Waals surface area contributed by atoms with Gasteiger partial charge in [-0.1, -0.05) is 97.1 Å². The average molecular weight is 1430 g/mol. The molecule has 0 saturated carbocycles. The van der Waals surface area contributed by atoms with Gasteiger partial charge in [0.25, 0.3) is 0 Å². The molecule has 16 N–H and O–H groups in total. The third kappa shape index (κ3) is 21.6. The van der Waals surface area contributed by atoms with Gasteiger partial charge in [-0.3, -0.25) is 43.2 Å². The third-order valence-electron chi connectivity index (χ3n) is 14.3. The van der Waals surface area contributed by atoms with Crippen LogP contribution in [0, 0.1) is 0 Å². The van der Waals surface area contributed by atoms with E-state index in [1.165, 1.54) is 6.92 Å². The Balaban J connectivity index is 0.00000846. The maximum atomic E-state index is 15.1. The number of aliphatic hydroxyl groups excluding tert-OH is 1. The maximum absolute atomic E-state index is 15.1. The number of H-pyrrole nitrogens is 2. The minimum Gasteiger partial charge on any atom is -2.00 e. The number of hydrogen-bond donors (Lipinski definition) is 13. The Hall–Kier alpha value is -8.14. The summed E-state index contributed by atoms with van der Waals surface area (Å²) >= 11 is 9.87. The van der Waals surface area contributed by atoms with E-state index in [1.54, 1.807) is 97.3 Å². The van der Waals surface area contributed by atoms with E-state index in [2.05, 4.69) is 47.2 Å². The zero-order valence-corrected chi connectivity index (χ0v) is 52.8. The zero-order chi connectivity index (χ0) is 63.2. The average Bonchev–Trinajstić information content (AvgIpc) is 3.14. The second kappa shape index (κ2) is 36.4. The number of nitrogens with zero attached hydrogens (tertiary/aromatic N) is 1. The van der Waals surface area contributed by atoms with Crippen LogP contribution in [0.1, 0.15) is 48.4 Å². The van der Waals surface area contributed by atoms with Crippen LogP contribution in [0.3, 0.4) is 0 Å². The van der Waals surface area contributed by atoms with E-state index in [9.17, 15) is 48.6 Å². The summed E-state index contributed by atoms with van der Waals surface area (Å²) in [5.74, 6) is -10.8. The number of unbranched alkanes of at least 4 members (excludes halogenated alkanes) is 1. The Bertz CT molecular complexity index is 3360. The largest absolute Gasteiger partial charge is 2.00 e. The fraction of sp³-hybridized carbons (Fsp3) is 0.367. The molecule has 0 unspecified atom stereocenters. The molecule has 0 aliphatic rings. The number of aliphatic hydroxyl groups is 1. The van der Waals surface area contributed by atoms with Gasteiger partial charge in [-0.25, -0.2) is 0 Å². The van der Waals surface area contributed by atoms with E-state index in [0.717, 1.165) is 10.9 Å². The molecule has 2 aromatic heterocycles. The minimum absolute atomic E-state index is 0. The summed E-state index contributed by atoms with van der Waals surface area (Å²) in [4.78, 5) is 145. The van der Waals surface area contributed by atoms with Crippen LogP contribution < -0.4 is 59.5 Å². The molecule has 4 aromatic carbocycles. The first-order valence-electron chi connectivity index (χ1n) is 28.1. The molecule has 1 radical (unpaired) electrons. The van der Waals surface area contributed by atoms with Crippen LogP contribution in [0.15, 0.2) is 122 Å². The molecular weight excluding hydrogens is 1360 g/mol. The summed E-state index contributed by atoms with van der Waals surface area (Å²) in [6, 6.07) is 19.3. The van der Waals surface area contributed by atoms with Crippen LogP contribution in [0.5, 0.6) is 0 Å². The summed E-state index contributed by atoms with van der Waals surface area (Å²) in [6.07, 6.45) is 1.52. The number of aromatic amines is 2. The monoisotopic (exact) mass is 1430 g/mol. The van der Waals surface area contributed by atoms with Crippen LogP contribution >= 0.6 is 0 Å². The molecule has 2 heterocycles. The van der Waals surface area contributed by atoms with Gasteiger partial charge in [0, 0.05) is 80.3 Å². The molecule has 26 nitrogen and oxygen atoms in total. The van der Waals surface area contributed by atoms with Gasteiger partial charge in [-0.2, -0.15) is 11.5 Å². The first-order valence-corrected chi connectivity index (χ1v) is 29.2. The molecule has 0 spiro atoms. The van der Waals surface area contributed by atoms with Crippen molar-refractivity contribution in [2.75, 3.05) is 31.1 Å². The number of rotatable bonds is 34. The van der Waals surface area contributed by atoms with Crippen molar-refractivity contribution in [1.29, 1.82) is 0 Å². The van der Waals surface area contributed by atoms with Gasteiger partial charge in [0.2, 0.25) is 53.2 Å². The van der Waals surface area contributed by atoms with Crippen LogP contribution in [-0.4, -0.2) is 165 Å². The van der Waals surface area contributed by atoms with Crippen molar-refractivity contribution in [3.05, 3.63) is 144 Å². The summed E-state index contributed by atoms with van der Waals surface area (Å²) in [7, 11) is 0. The van der Waals surface area contributed by atoms with E-state index in [4.69, 9.17) is 42.5 Å². The number of nitrogens with one attached hydrogen (secondary N) is 9. The maximum Gasteiger partial charge on any atom is 0.246 e. The number of carboxylic acid groups (broad SMARTS) is 1. The predicted molar refractivity (Wildman–Crippen MR) is 326 cm³/mol. The molecule has 0 aliphatic heterocycles. The fourth-order valence-electron chi connectivity index (χ4n) is 9.68. The molecule has 29 heteroatoms. The number of benzene rings is 4. The molecule has 0 aliphatic carbocycles. The third-order valence-corrected chi connectivity index (χ3v) is 15.0. The first-order chi connectivity index (χ1) is 41.7. The fourth-order valence-corrected chi connectivity index (χ4v) is 10.1. The quantitative estimate of drug-likeness (QED) is 0.0143. The molecule has 89 heavy (non-hydrogen) atoms. The number of aliphatic carboxylic acids is 1. The number of primary amides is 1. The summed E-state index contributed by atoms with van der Waals surface area (Å²) in [5.41, 5.74) is 20.7. The van der Waals surface area contributed by atoms with Crippen molar-refractivity contribution < 1.29 is 84.1 Å². The molecule has 479 valence electrons. The summed E-state index contributed by atoms with van der Waals surface area (Å²) in [6.45, 7) is -0.0979. The van der Waals surface area contributed by atoms with E-state index in [1.807, 2.05) is 24.3 Å². The number of carboxylic acids is 1. The molecule has 0 bridgehead atoms. The number of aromatic nitrogens is 2. The van der Waals surface area contributed by atoms with E-state index < -0.39 is 132 Å². The van der Waals surface area contributed by atoms with Gasteiger partial charge in [-0.15, -0.1) is 0 Å². The molecule has 0 saturated heterocycles. The van der Waals surface area contributed by atoms with Gasteiger partial charge < -0.3 is 115 Å². The molecule has 9 amide bonds. The van der Waals surface area contributed by atoms with Gasteiger partial charge in [0.15, 0.2) is 0 Å². The zero-order valence-electron chi connectivity index (χ0n) is 48.4. The number of amides is 9. The van der Waals surface area contributed by atoms with Gasteiger partial charge >= 0.3 is 0 Å². The van der Waals surface area contributed by atoms with Crippen molar-refractivity contribution in [3.63, 3.8) is 0 Å². The standard InChI is InChI=1S/C60H75N13O12S2.O.Re/c1-34(74)52(58(82)71-48(25-36-16-6-3-7-17-36)59(83)73(31-50(63)75)49(33-87)60(84)85)72-54(78)44(22-12-13-23-61)68-56(80)46(26-37-28-64-42-20-10-8-18-39(37)42)70-57(81)47(27-38-29-65-43-21-11-9-19-40(38)43)69-55(79)45(24-35-14-4-2-5-15-35)67-51(76)30-66-53(77)41(62)32-86;;/h2-11,14-21,28-29,34,41,44-49,52,64-65,74,86-87H,12-13,22-27,30-33,61-62H2,1H3,(H2,63,75)(H,66,77)(H,67,76)(H,68,80)(H,69,79)(H,70,81)(H,71,82)(H,72,78)(H,84,85);;/q;-2;/p-3/t34-,41-,44+,45+,46-,47+,48+,49+,52+;;/m1../s1. The Morgan fingerprint density at radius 2 is 1.03 bits per heavy atom. The Morgan fingerprint density at radius 3 is 1.49 bits per heavy atom. The van der Waals surface area contributed by atoms with Crippen molar-refractivity contribution in [2.45, 2.75) is 106 Å². The smallest absolute Gasteiger partial charge is 0.246 e. The minimum atomic E-state index is -1.84. The van der Waals surface area contributed by atoms with E-state index in [0.29, 0.717) is 44.5 Å². The van der Waals surface area contributed by atoms with Crippen molar-refractivity contribution in [3.8, 4) is 0 Å². The topological polar surface area (TPSA) is 440 Å². The Morgan fingerprint density at radius 1 is 0.584 bits per heavy atom. The van der Waals surface area contributed by atoms with Crippen LogP contribution in [0.2, 0.25) is 0 Å². The molecule has 9 atom stereocenters. The van der Waals surface area contributed by atoms with Gasteiger partial charge in [-0.05, 0) is 67.1 Å². The number of carbonyl (C=O) groups is 10. The molecule has 6 aromatic rings. The summed E-state index contributed by atoms with van der Waals surface area (Å²) < 4.78 is 0. The second-order valence-electron chi connectivity index (χ2n) is 20.8. The number of hydrogen-bond acceptors (Lipinski definition) is 16. The Kier molecular flexibility index (Phi) is 30.0. The van der Waals surface area contributed by atoms with Gasteiger partial charge in [0.1, 0.15) is 36.3 Å². The number of carbonyl (C=O) groups excluding carboxylic acids is 10. The molecule has 0 fully saturated rings. The van der Waals surface area contributed by atoms with Crippen LogP contribution in [-0.2, 0) is 125 Å². The van der Waals surface area contributed by atoms with Crippen LogP contribution in [0.25, 0.3) is 21.8 Å². The number of fused-ring (bicyclic) bond motifs is 2. The van der Waals surface area contributed by atoms with Crippen molar-refractivity contribution in [1.82, 2.24) is 52.1 Å². The van der Waals surface area contributed by atoms with Crippen molar-refractivity contribution >= 4 is 106 Å². The van der Waals surface area contributed by atoms with E-state index >= 15 is 9.59 Å². The number of para-hydroxylation sites is 2. The number of nitrogens with two attached hydrogens (primary N) is 3. The molecular formula is C60H72N13O13ReS2-5. The van der Waals surface area contributed by atoms with Gasteiger partial charge in [0.05, 0.1) is 37.2 Å². The Labute approximate surface area is 537 Å². The second-order valence-corrected chi connectivity index (χ2v) is 21.5. The first kappa shape index (κ1) is 73.3. The van der Waals surface area contributed by atoms with Crippen molar-refractivity contribution in [2.24, 2.45) is 17.2 Å². The summed E-state index contributed by atoms with van der Waals surface area (Å²) in [5, 5.41) is 43.1. The SMILES string of the molecule is C[C@@H](O)[C@H](NC(=O)[C@H](CCCCN)NC(=O)[C@@H](Cc1c[nH]c2ccccc12)NC(=O)[C@H](Cc1c[nH]c2ccccc12)NC(=O)[C@H](Cc1ccccc1)NC(=O)CNC(=O)[C@H](N)C[S-])C(=O)N[C@@H](Cc1ccccc1)C(=O)N(CC(N)=O)[C@@H](C[S-])C(=O)[O-].[O-2].[Re]. The van der Waals surface area contributed by atoms with E-state index in [-0.39, 0.29) is 76.7 Å².